The Kier molecular flexibility index (Phi) is 7.45. The molecule has 0 aliphatic heterocycles. The Morgan fingerprint density at radius 1 is 0.840 bits per heavy atom. The van der Waals surface area contributed by atoms with Crippen molar-refractivity contribution in [3.63, 3.8) is 0 Å². The molecule has 0 heterocycles. The van der Waals surface area contributed by atoms with E-state index < -0.39 is 0 Å². The molecule has 0 radical (unpaired) electrons. The third-order valence-electron chi connectivity index (χ3n) is 3.81. The minimum Gasteiger partial charge on any atom is -0.497 e. The van der Waals surface area contributed by atoms with Crippen molar-refractivity contribution in [3.8, 4) is 17.2 Å². The first-order valence-corrected chi connectivity index (χ1v) is 8.84. The second kappa shape index (κ2) is 9.82. The maximum Gasteiger partial charge on any atom is 0.120 e. The monoisotopic (exact) mass is 343 g/mol. The summed E-state index contributed by atoms with van der Waals surface area (Å²) >= 11 is 0. The minimum absolute atomic E-state index is 0.0513. The lowest BCUT2D eigenvalue weighted by molar-refractivity contribution is 0.234. The van der Waals surface area contributed by atoms with Gasteiger partial charge in [0.25, 0.3) is 0 Å². The first-order chi connectivity index (χ1) is 12.1. The molecule has 0 bridgehead atoms. The van der Waals surface area contributed by atoms with Crippen LogP contribution < -0.4 is 19.5 Å². The number of benzene rings is 2. The van der Waals surface area contributed by atoms with Crippen LogP contribution in [0.3, 0.4) is 0 Å². The highest BCUT2D eigenvalue weighted by molar-refractivity contribution is 5.46. The number of hydrogen-bond donors (Lipinski definition) is 1. The lowest BCUT2D eigenvalue weighted by Crippen LogP contribution is -2.22. The molecule has 1 atom stereocenters. The van der Waals surface area contributed by atoms with Crippen molar-refractivity contribution in [2.75, 3.05) is 25.6 Å². The Bertz CT molecular complexity index is 608. The normalized spacial score (nSPS) is 11.9. The highest BCUT2D eigenvalue weighted by Crippen LogP contribution is 2.19. The molecule has 2 rings (SSSR count). The lowest BCUT2D eigenvalue weighted by atomic mass is 10.1. The van der Waals surface area contributed by atoms with Crippen LogP contribution in [0.2, 0.25) is 0 Å². The van der Waals surface area contributed by atoms with Crippen molar-refractivity contribution in [3.05, 3.63) is 48.5 Å². The van der Waals surface area contributed by atoms with E-state index in [4.69, 9.17) is 14.2 Å². The topological polar surface area (TPSA) is 39.7 Å². The number of methoxy groups -OCH3 is 1. The molecule has 4 heteroatoms. The summed E-state index contributed by atoms with van der Waals surface area (Å²) in [6, 6.07) is 15.7. The summed E-state index contributed by atoms with van der Waals surface area (Å²) in [5, 5.41) is 3.38. The van der Waals surface area contributed by atoms with Crippen molar-refractivity contribution in [2.24, 2.45) is 5.92 Å². The van der Waals surface area contributed by atoms with E-state index in [2.05, 4.69) is 19.2 Å². The van der Waals surface area contributed by atoms with E-state index in [1.165, 1.54) is 0 Å². The van der Waals surface area contributed by atoms with Gasteiger partial charge in [-0.15, -0.1) is 0 Å². The Labute approximate surface area is 151 Å². The quantitative estimate of drug-likeness (QED) is 0.659. The van der Waals surface area contributed by atoms with Gasteiger partial charge in [-0.25, -0.2) is 0 Å². The van der Waals surface area contributed by atoms with Gasteiger partial charge in [0.1, 0.15) is 23.4 Å². The zero-order valence-electron chi connectivity index (χ0n) is 15.6. The summed E-state index contributed by atoms with van der Waals surface area (Å²) < 4.78 is 16.8. The first kappa shape index (κ1) is 19.0. The van der Waals surface area contributed by atoms with Crippen LogP contribution in [0, 0.1) is 5.92 Å². The maximum atomic E-state index is 5.89. The van der Waals surface area contributed by atoms with Crippen LogP contribution >= 0.6 is 0 Å². The van der Waals surface area contributed by atoms with E-state index in [0.29, 0.717) is 5.92 Å². The zero-order valence-corrected chi connectivity index (χ0v) is 15.6. The molecule has 0 saturated carbocycles. The van der Waals surface area contributed by atoms with Crippen molar-refractivity contribution in [1.29, 1.82) is 0 Å². The minimum atomic E-state index is 0.0513. The van der Waals surface area contributed by atoms with E-state index in [9.17, 15) is 0 Å². The van der Waals surface area contributed by atoms with Crippen LogP contribution in [0.5, 0.6) is 17.2 Å². The molecule has 4 nitrogen and oxygen atoms in total. The largest absolute Gasteiger partial charge is 0.497 e. The van der Waals surface area contributed by atoms with Gasteiger partial charge in [-0.05, 0) is 67.8 Å². The first-order valence-electron chi connectivity index (χ1n) is 8.84. The summed E-state index contributed by atoms with van der Waals surface area (Å²) in [5.41, 5.74) is 1.06. The van der Waals surface area contributed by atoms with Gasteiger partial charge in [-0.1, -0.05) is 13.8 Å². The molecule has 0 aliphatic rings. The van der Waals surface area contributed by atoms with Crippen LogP contribution in [-0.2, 0) is 0 Å². The summed E-state index contributed by atoms with van der Waals surface area (Å²) in [4.78, 5) is 0. The van der Waals surface area contributed by atoms with Gasteiger partial charge in [0, 0.05) is 5.69 Å². The second-order valence-corrected chi connectivity index (χ2v) is 6.54. The van der Waals surface area contributed by atoms with Crippen molar-refractivity contribution in [1.82, 2.24) is 0 Å². The third kappa shape index (κ3) is 6.96. The molecule has 0 amide bonds. The van der Waals surface area contributed by atoms with Crippen LogP contribution in [0.15, 0.2) is 48.5 Å². The van der Waals surface area contributed by atoms with Crippen molar-refractivity contribution < 1.29 is 14.2 Å². The Morgan fingerprint density at radius 3 is 2.04 bits per heavy atom. The van der Waals surface area contributed by atoms with E-state index >= 15 is 0 Å². The molecular formula is C21H29NO3. The van der Waals surface area contributed by atoms with Crippen LogP contribution in [0.1, 0.15) is 27.2 Å². The molecule has 0 aromatic heterocycles. The highest BCUT2D eigenvalue weighted by atomic mass is 16.5. The SMILES string of the molecule is COc1ccc(O[C@@H](C)CNc2ccc(OCCC(C)C)cc2)cc1. The molecule has 0 saturated heterocycles. The van der Waals surface area contributed by atoms with Gasteiger partial charge in [0.2, 0.25) is 0 Å². The van der Waals surface area contributed by atoms with Gasteiger partial charge >= 0.3 is 0 Å². The molecular weight excluding hydrogens is 314 g/mol. The smallest absolute Gasteiger partial charge is 0.120 e. The number of ether oxygens (including phenoxy) is 3. The predicted molar refractivity (Wildman–Crippen MR) is 103 cm³/mol. The molecule has 2 aromatic carbocycles. The van der Waals surface area contributed by atoms with Gasteiger partial charge in [-0.2, -0.15) is 0 Å². The molecule has 0 fully saturated rings. The summed E-state index contributed by atoms with van der Waals surface area (Å²) in [6.45, 7) is 7.93. The van der Waals surface area contributed by atoms with E-state index in [1.807, 2.05) is 55.5 Å². The highest BCUT2D eigenvalue weighted by Gasteiger charge is 2.05. The second-order valence-electron chi connectivity index (χ2n) is 6.54. The van der Waals surface area contributed by atoms with Crippen molar-refractivity contribution in [2.45, 2.75) is 33.3 Å². The third-order valence-corrected chi connectivity index (χ3v) is 3.81. The van der Waals surface area contributed by atoms with Gasteiger partial charge < -0.3 is 19.5 Å². The van der Waals surface area contributed by atoms with Gasteiger partial charge in [0.05, 0.1) is 20.3 Å². The number of nitrogens with one attached hydrogen (secondary N) is 1. The molecule has 0 unspecified atom stereocenters. The fourth-order valence-electron chi connectivity index (χ4n) is 2.27. The maximum absolute atomic E-state index is 5.89. The van der Waals surface area contributed by atoms with Crippen LogP contribution in [0.4, 0.5) is 5.69 Å². The summed E-state index contributed by atoms with van der Waals surface area (Å²) in [7, 11) is 1.66. The molecule has 2 aromatic rings. The van der Waals surface area contributed by atoms with E-state index in [-0.39, 0.29) is 6.10 Å². The fourth-order valence-corrected chi connectivity index (χ4v) is 2.27. The molecule has 1 N–H and O–H groups in total. The molecule has 0 aliphatic carbocycles. The van der Waals surface area contributed by atoms with E-state index in [0.717, 1.165) is 42.5 Å². The lowest BCUT2D eigenvalue weighted by Gasteiger charge is -2.16. The van der Waals surface area contributed by atoms with Crippen LogP contribution in [0.25, 0.3) is 0 Å². The number of rotatable bonds is 10. The fraction of sp³-hybridized carbons (Fsp3) is 0.429. The average Bonchev–Trinajstić information content (AvgIpc) is 2.61. The summed E-state index contributed by atoms with van der Waals surface area (Å²) in [5.74, 6) is 3.24. The number of anilines is 1. The molecule has 136 valence electrons. The Morgan fingerprint density at radius 2 is 1.44 bits per heavy atom. The predicted octanol–water partition coefficient (Wildman–Crippen LogP) is 5.00. The van der Waals surface area contributed by atoms with E-state index in [1.54, 1.807) is 7.11 Å². The summed E-state index contributed by atoms with van der Waals surface area (Å²) in [6.07, 6.45) is 1.12. The number of hydrogen-bond acceptors (Lipinski definition) is 4. The molecule has 0 spiro atoms. The van der Waals surface area contributed by atoms with Gasteiger partial charge in [0.15, 0.2) is 0 Å². The zero-order chi connectivity index (χ0) is 18.1. The Hall–Kier alpha value is -2.36. The standard InChI is InChI=1S/C21H29NO3/c1-16(2)13-14-24-20-7-5-18(6-8-20)22-15-17(3)25-21-11-9-19(23-4)10-12-21/h5-12,16-17,22H,13-15H2,1-4H3/t17-/m0/s1. The van der Waals surface area contributed by atoms with Crippen LogP contribution in [-0.4, -0.2) is 26.4 Å². The van der Waals surface area contributed by atoms with Gasteiger partial charge in [-0.3, -0.25) is 0 Å². The van der Waals surface area contributed by atoms with Crippen molar-refractivity contribution >= 4 is 5.69 Å². The Balaban J connectivity index is 1.74. The average molecular weight is 343 g/mol. The molecule has 25 heavy (non-hydrogen) atoms.